The highest BCUT2D eigenvalue weighted by Crippen LogP contribution is 2.37. The van der Waals surface area contributed by atoms with Crippen molar-refractivity contribution in [1.82, 2.24) is 10.2 Å². The van der Waals surface area contributed by atoms with Crippen LogP contribution in [0.4, 0.5) is 0 Å². The molecule has 1 N–H and O–H groups in total. The maximum absolute atomic E-state index is 6.55. The molecule has 0 aromatic heterocycles. The van der Waals surface area contributed by atoms with E-state index in [-0.39, 0.29) is 0 Å². The summed E-state index contributed by atoms with van der Waals surface area (Å²) in [7, 11) is 0. The Kier molecular flexibility index (Phi) is 8.49. The third kappa shape index (κ3) is 6.26. The Morgan fingerprint density at radius 3 is 2.59 bits per heavy atom. The topological polar surface area (TPSA) is 33.7 Å². The molecule has 0 amide bonds. The molecule has 0 aliphatic carbocycles. The summed E-state index contributed by atoms with van der Waals surface area (Å²) in [4.78, 5) is 2.54. The molecule has 1 saturated heterocycles. The van der Waals surface area contributed by atoms with Crippen LogP contribution >= 0.6 is 23.2 Å². The summed E-state index contributed by atoms with van der Waals surface area (Å²) < 4.78 is 11.8. The number of likely N-dealkylation sites (N-methyl/N-ethyl adjacent to an activating group) is 1. The predicted molar refractivity (Wildman–Crippen MR) is 120 cm³/mol. The van der Waals surface area contributed by atoms with Crippen molar-refractivity contribution in [2.24, 2.45) is 0 Å². The summed E-state index contributed by atoms with van der Waals surface area (Å²) in [5.41, 5.74) is 2.12. The fourth-order valence-electron chi connectivity index (χ4n) is 3.79. The first kappa shape index (κ1) is 22.2. The van der Waals surface area contributed by atoms with Crippen LogP contribution in [0.1, 0.15) is 37.8 Å². The van der Waals surface area contributed by atoms with Crippen LogP contribution in [0.3, 0.4) is 0 Å². The summed E-state index contributed by atoms with van der Waals surface area (Å²) >= 11 is 12.5. The van der Waals surface area contributed by atoms with Gasteiger partial charge < -0.3 is 14.8 Å². The lowest BCUT2D eigenvalue weighted by Gasteiger charge is -2.23. The summed E-state index contributed by atoms with van der Waals surface area (Å²) in [6.45, 7) is 9.22. The third-order valence-electron chi connectivity index (χ3n) is 5.28. The molecule has 0 unspecified atom stereocenters. The van der Waals surface area contributed by atoms with E-state index in [4.69, 9.17) is 32.7 Å². The Balaban J connectivity index is 1.63. The SMILES string of the molecule is CCOc1cc(CNC[C@@H]2CCCN2CC)cc(Cl)c1OCc1ccc(Cl)cc1. The highest BCUT2D eigenvalue weighted by Gasteiger charge is 2.22. The summed E-state index contributed by atoms with van der Waals surface area (Å²) in [5, 5.41) is 4.85. The Hall–Kier alpha value is -1.46. The molecule has 2 aromatic rings. The molecule has 0 radical (unpaired) electrons. The first-order valence-corrected chi connectivity index (χ1v) is 11.1. The number of halogens is 2. The molecular weight excluding hydrogens is 407 g/mol. The maximum atomic E-state index is 6.55. The zero-order valence-corrected chi connectivity index (χ0v) is 18.7. The lowest BCUT2D eigenvalue weighted by molar-refractivity contribution is 0.259. The van der Waals surface area contributed by atoms with Crippen molar-refractivity contribution in [1.29, 1.82) is 0 Å². The van der Waals surface area contributed by atoms with Gasteiger partial charge in [0.05, 0.1) is 11.6 Å². The Morgan fingerprint density at radius 1 is 1.07 bits per heavy atom. The number of nitrogens with one attached hydrogen (secondary N) is 1. The number of benzene rings is 2. The van der Waals surface area contributed by atoms with Crippen molar-refractivity contribution in [2.75, 3.05) is 26.2 Å². The first-order chi connectivity index (χ1) is 14.1. The van der Waals surface area contributed by atoms with Gasteiger partial charge in [-0.25, -0.2) is 0 Å². The van der Waals surface area contributed by atoms with Gasteiger partial charge in [0.1, 0.15) is 6.61 Å². The van der Waals surface area contributed by atoms with Crippen molar-refractivity contribution in [2.45, 2.75) is 45.9 Å². The van der Waals surface area contributed by atoms with Gasteiger partial charge in [-0.05, 0) is 68.2 Å². The molecule has 0 saturated carbocycles. The summed E-state index contributed by atoms with van der Waals surface area (Å²) in [5.74, 6) is 1.27. The normalized spacial score (nSPS) is 16.9. The molecule has 6 heteroatoms. The van der Waals surface area contributed by atoms with Crippen LogP contribution in [-0.4, -0.2) is 37.2 Å². The number of hydrogen-bond donors (Lipinski definition) is 1. The molecular formula is C23H30Cl2N2O2. The molecule has 1 aliphatic heterocycles. The maximum Gasteiger partial charge on any atom is 0.180 e. The highest BCUT2D eigenvalue weighted by atomic mass is 35.5. The van der Waals surface area contributed by atoms with E-state index >= 15 is 0 Å². The van der Waals surface area contributed by atoms with Crippen molar-refractivity contribution >= 4 is 23.2 Å². The van der Waals surface area contributed by atoms with Crippen LogP contribution in [0.2, 0.25) is 10.0 Å². The molecule has 1 atom stereocenters. The van der Waals surface area contributed by atoms with E-state index in [2.05, 4.69) is 17.1 Å². The smallest absolute Gasteiger partial charge is 0.180 e. The highest BCUT2D eigenvalue weighted by molar-refractivity contribution is 6.32. The fraction of sp³-hybridized carbons (Fsp3) is 0.478. The molecule has 2 aromatic carbocycles. The molecule has 0 spiro atoms. The Labute approximate surface area is 184 Å². The van der Waals surface area contributed by atoms with Crippen LogP contribution in [0.5, 0.6) is 11.5 Å². The third-order valence-corrected chi connectivity index (χ3v) is 5.81. The average molecular weight is 437 g/mol. The second kappa shape index (κ2) is 11.1. The van der Waals surface area contributed by atoms with Gasteiger partial charge in [-0.1, -0.05) is 42.3 Å². The molecule has 1 heterocycles. The van der Waals surface area contributed by atoms with Gasteiger partial charge >= 0.3 is 0 Å². The predicted octanol–water partition coefficient (Wildman–Crippen LogP) is 5.55. The van der Waals surface area contributed by atoms with Gasteiger partial charge in [-0.15, -0.1) is 0 Å². The fourth-order valence-corrected chi connectivity index (χ4v) is 4.20. The van der Waals surface area contributed by atoms with Gasteiger partial charge in [-0.2, -0.15) is 0 Å². The Morgan fingerprint density at radius 2 is 1.86 bits per heavy atom. The standard InChI is InChI=1S/C23H30Cl2N2O2/c1-3-27-11-5-6-20(27)15-26-14-18-12-21(25)23(22(13-18)28-4-2)29-16-17-7-9-19(24)10-8-17/h7-10,12-13,20,26H,3-6,11,14-16H2,1-2H3/t20-/m0/s1. The van der Waals surface area contributed by atoms with E-state index in [1.54, 1.807) is 0 Å². The number of ether oxygens (including phenoxy) is 2. The van der Waals surface area contributed by atoms with E-state index in [0.717, 1.165) is 30.8 Å². The van der Waals surface area contributed by atoms with Crippen LogP contribution in [0.25, 0.3) is 0 Å². The minimum atomic E-state index is 0.406. The minimum Gasteiger partial charge on any atom is -0.490 e. The molecule has 1 fully saturated rings. The lowest BCUT2D eigenvalue weighted by Crippen LogP contribution is -2.37. The minimum absolute atomic E-state index is 0.406. The second-order valence-corrected chi connectivity index (χ2v) is 8.15. The van der Waals surface area contributed by atoms with Gasteiger partial charge in [0.25, 0.3) is 0 Å². The van der Waals surface area contributed by atoms with Crippen LogP contribution in [0, 0.1) is 0 Å². The zero-order valence-electron chi connectivity index (χ0n) is 17.2. The number of hydrogen-bond acceptors (Lipinski definition) is 4. The van der Waals surface area contributed by atoms with Crippen LogP contribution in [0.15, 0.2) is 36.4 Å². The van der Waals surface area contributed by atoms with Crippen molar-refractivity contribution in [3.63, 3.8) is 0 Å². The first-order valence-electron chi connectivity index (χ1n) is 10.4. The Bertz CT molecular complexity index is 783. The molecule has 4 nitrogen and oxygen atoms in total. The van der Waals surface area contributed by atoms with E-state index in [1.165, 1.54) is 19.4 Å². The van der Waals surface area contributed by atoms with Crippen LogP contribution < -0.4 is 14.8 Å². The van der Waals surface area contributed by atoms with Crippen molar-refractivity contribution in [3.05, 3.63) is 57.6 Å². The summed E-state index contributed by atoms with van der Waals surface area (Å²) in [6, 6.07) is 12.2. The largest absolute Gasteiger partial charge is 0.490 e. The monoisotopic (exact) mass is 436 g/mol. The molecule has 158 valence electrons. The van der Waals surface area contributed by atoms with Crippen LogP contribution in [-0.2, 0) is 13.2 Å². The van der Waals surface area contributed by atoms with Crippen molar-refractivity contribution in [3.8, 4) is 11.5 Å². The van der Waals surface area contributed by atoms with E-state index in [9.17, 15) is 0 Å². The second-order valence-electron chi connectivity index (χ2n) is 7.31. The molecule has 1 aliphatic rings. The van der Waals surface area contributed by atoms with Gasteiger partial charge in [0.2, 0.25) is 0 Å². The molecule has 29 heavy (non-hydrogen) atoms. The van der Waals surface area contributed by atoms with E-state index in [0.29, 0.717) is 40.8 Å². The van der Waals surface area contributed by atoms with Gasteiger partial charge in [-0.3, -0.25) is 4.90 Å². The lowest BCUT2D eigenvalue weighted by atomic mass is 10.1. The summed E-state index contributed by atoms with van der Waals surface area (Å²) in [6.07, 6.45) is 2.56. The number of rotatable bonds is 10. The average Bonchev–Trinajstić information content (AvgIpc) is 3.16. The number of nitrogens with zero attached hydrogens (tertiary/aromatic N) is 1. The quantitative estimate of drug-likeness (QED) is 0.529. The van der Waals surface area contributed by atoms with Gasteiger partial charge in [0, 0.05) is 24.2 Å². The van der Waals surface area contributed by atoms with E-state index < -0.39 is 0 Å². The van der Waals surface area contributed by atoms with Gasteiger partial charge in [0.15, 0.2) is 11.5 Å². The van der Waals surface area contributed by atoms with E-state index in [1.807, 2.05) is 43.3 Å². The number of likely N-dealkylation sites (tertiary alicyclic amines) is 1. The molecule has 0 bridgehead atoms. The molecule has 3 rings (SSSR count). The van der Waals surface area contributed by atoms with Crippen molar-refractivity contribution < 1.29 is 9.47 Å². The zero-order chi connectivity index (χ0) is 20.6.